The minimum absolute atomic E-state index is 0.462. The van der Waals surface area contributed by atoms with E-state index in [1.807, 2.05) is 31.3 Å². The Balaban J connectivity index is 1.77. The molecular formula is C15H19N5. The summed E-state index contributed by atoms with van der Waals surface area (Å²) < 4.78 is 0. The van der Waals surface area contributed by atoms with Gasteiger partial charge < -0.3 is 10.6 Å². The average Bonchev–Trinajstić information content (AvgIpc) is 2.48. The summed E-state index contributed by atoms with van der Waals surface area (Å²) >= 11 is 0. The van der Waals surface area contributed by atoms with Gasteiger partial charge in [0.15, 0.2) is 0 Å². The van der Waals surface area contributed by atoms with Crippen LogP contribution in [-0.4, -0.2) is 28.0 Å². The molecule has 0 saturated carbocycles. The van der Waals surface area contributed by atoms with Gasteiger partial charge in [0.25, 0.3) is 0 Å². The summed E-state index contributed by atoms with van der Waals surface area (Å²) in [4.78, 5) is 13.4. The Bertz CT molecular complexity index is 578. The van der Waals surface area contributed by atoms with Crippen molar-refractivity contribution in [3.05, 3.63) is 42.0 Å². The number of rotatable bonds is 3. The minimum atomic E-state index is 0.462. The van der Waals surface area contributed by atoms with E-state index in [2.05, 4.69) is 25.6 Å². The van der Waals surface area contributed by atoms with E-state index in [4.69, 9.17) is 0 Å². The van der Waals surface area contributed by atoms with Crippen LogP contribution in [0.15, 0.2) is 30.6 Å². The van der Waals surface area contributed by atoms with Crippen molar-refractivity contribution in [3.63, 3.8) is 0 Å². The van der Waals surface area contributed by atoms with E-state index < -0.39 is 0 Å². The van der Waals surface area contributed by atoms with Gasteiger partial charge in [0.2, 0.25) is 0 Å². The third kappa shape index (κ3) is 3.11. The van der Waals surface area contributed by atoms with Gasteiger partial charge in [0.05, 0.1) is 11.9 Å². The summed E-state index contributed by atoms with van der Waals surface area (Å²) in [5.74, 6) is 2.02. The second kappa shape index (κ2) is 5.96. The van der Waals surface area contributed by atoms with Crippen LogP contribution in [0.1, 0.15) is 30.1 Å². The highest BCUT2D eigenvalue weighted by atomic mass is 15.1. The van der Waals surface area contributed by atoms with Crippen LogP contribution in [0.5, 0.6) is 0 Å². The minimum Gasteiger partial charge on any atom is -0.324 e. The van der Waals surface area contributed by atoms with Crippen LogP contribution in [-0.2, 0) is 0 Å². The summed E-state index contributed by atoms with van der Waals surface area (Å²) in [5, 5.41) is 6.63. The van der Waals surface area contributed by atoms with Crippen LogP contribution in [0.3, 0.4) is 0 Å². The number of nitrogens with one attached hydrogen (secondary N) is 2. The topological polar surface area (TPSA) is 62.7 Å². The summed E-state index contributed by atoms with van der Waals surface area (Å²) in [7, 11) is 0. The van der Waals surface area contributed by atoms with Gasteiger partial charge in [0, 0.05) is 24.4 Å². The zero-order valence-corrected chi connectivity index (χ0v) is 11.6. The van der Waals surface area contributed by atoms with Gasteiger partial charge in [-0.25, -0.2) is 9.97 Å². The molecule has 20 heavy (non-hydrogen) atoms. The molecule has 1 aliphatic rings. The zero-order valence-electron chi connectivity index (χ0n) is 11.6. The van der Waals surface area contributed by atoms with Gasteiger partial charge in [-0.15, -0.1) is 0 Å². The highest BCUT2D eigenvalue weighted by Crippen LogP contribution is 2.22. The molecule has 1 saturated heterocycles. The molecule has 0 aromatic carbocycles. The first kappa shape index (κ1) is 13.0. The number of nitrogens with zero attached hydrogens (tertiary/aromatic N) is 3. The fourth-order valence-electron chi connectivity index (χ4n) is 2.49. The maximum atomic E-state index is 4.67. The molecule has 0 aliphatic carbocycles. The van der Waals surface area contributed by atoms with Crippen LogP contribution >= 0.6 is 0 Å². The van der Waals surface area contributed by atoms with Gasteiger partial charge in [-0.3, -0.25) is 4.98 Å². The molecular weight excluding hydrogens is 250 g/mol. The van der Waals surface area contributed by atoms with Crippen molar-refractivity contribution in [2.24, 2.45) is 0 Å². The largest absolute Gasteiger partial charge is 0.324 e. The molecule has 5 nitrogen and oxygen atoms in total. The molecule has 1 atom stereocenters. The van der Waals surface area contributed by atoms with Gasteiger partial charge in [-0.1, -0.05) is 6.07 Å². The van der Waals surface area contributed by atoms with E-state index in [0.29, 0.717) is 5.92 Å². The Kier molecular flexibility index (Phi) is 3.87. The Labute approximate surface area is 118 Å². The Morgan fingerprint density at radius 1 is 1.20 bits per heavy atom. The normalized spacial score (nSPS) is 18.8. The smallest absolute Gasteiger partial charge is 0.150 e. The molecule has 3 rings (SSSR count). The lowest BCUT2D eigenvalue weighted by Crippen LogP contribution is -2.29. The second-order valence-electron chi connectivity index (χ2n) is 5.16. The van der Waals surface area contributed by atoms with Gasteiger partial charge in [-0.2, -0.15) is 0 Å². The molecule has 2 aromatic heterocycles. The highest BCUT2D eigenvalue weighted by molar-refractivity contribution is 5.50. The quantitative estimate of drug-likeness (QED) is 0.896. The predicted octanol–water partition coefficient (Wildman–Crippen LogP) is 2.39. The zero-order chi connectivity index (χ0) is 13.8. The molecule has 0 bridgehead atoms. The molecule has 1 fully saturated rings. The molecule has 0 radical (unpaired) electrons. The third-order valence-corrected chi connectivity index (χ3v) is 3.51. The van der Waals surface area contributed by atoms with Crippen LogP contribution < -0.4 is 10.6 Å². The average molecular weight is 269 g/mol. The first-order chi connectivity index (χ1) is 9.81. The van der Waals surface area contributed by atoms with E-state index >= 15 is 0 Å². The Hall–Kier alpha value is -2.01. The number of anilines is 2. The fraction of sp³-hybridized carbons (Fsp3) is 0.400. The first-order valence-electron chi connectivity index (χ1n) is 7.04. The number of piperidine rings is 1. The molecule has 2 N–H and O–H groups in total. The lowest BCUT2D eigenvalue weighted by atomic mass is 9.96. The predicted molar refractivity (Wildman–Crippen MR) is 79.1 cm³/mol. The summed E-state index contributed by atoms with van der Waals surface area (Å²) in [6, 6.07) is 5.89. The van der Waals surface area contributed by atoms with Crippen LogP contribution in [0.2, 0.25) is 0 Å². The van der Waals surface area contributed by atoms with E-state index in [1.54, 1.807) is 6.20 Å². The number of pyridine rings is 1. The van der Waals surface area contributed by atoms with Gasteiger partial charge >= 0.3 is 0 Å². The summed E-state index contributed by atoms with van der Waals surface area (Å²) in [5.41, 5.74) is 2.03. The van der Waals surface area contributed by atoms with Gasteiger partial charge in [0.1, 0.15) is 11.6 Å². The molecule has 0 unspecified atom stereocenters. The second-order valence-corrected chi connectivity index (χ2v) is 5.16. The third-order valence-electron chi connectivity index (χ3n) is 3.51. The van der Waals surface area contributed by atoms with Crippen molar-refractivity contribution in [2.75, 3.05) is 18.4 Å². The first-order valence-corrected chi connectivity index (χ1v) is 7.04. The lowest BCUT2D eigenvalue weighted by Gasteiger charge is -2.22. The molecule has 3 heterocycles. The maximum Gasteiger partial charge on any atom is 0.150 e. The van der Waals surface area contributed by atoms with E-state index in [0.717, 1.165) is 36.1 Å². The Morgan fingerprint density at radius 3 is 2.95 bits per heavy atom. The number of aromatic nitrogens is 3. The van der Waals surface area contributed by atoms with Crippen LogP contribution in [0, 0.1) is 6.92 Å². The van der Waals surface area contributed by atoms with Crippen LogP contribution in [0.25, 0.3) is 0 Å². The molecule has 0 spiro atoms. The molecule has 5 heteroatoms. The van der Waals surface area contributed by atoms with Crippen molar-refractivity contribution < 1.29 is 0 Å². The van der Waals surface area contributed by atoms with Crippen molar-refractivity contribution >= 4 is 11.6 Å². The number of aryl methyl sites for hydroxylation is 1. The standard InChI is InChI=1S/C15H19N5/c1-11-4-2-6-14(18-11)20-15-10-17-9-13(19-15)12-5-3-7-16-8-12/h2,4,6,9-10,12,16H,3,5,7-8H2,1H3,(H,18,19,20)/t12-/m0/s1. The van der Waals surface area contributed by atoms with Crippen molar-refractivity contribution in [1.82, 2.24) is 20.3 Å². The van der Waals surface area contributed by atoms with Gasteiger partial charge in [-0.05, 0) is 38.4 Å². The molecule has 0 amide bonds. The lowest BCUT2D eigenvalue weighted by molar-refractivity contribution is 0.454. The number of hydrogen-bond acceptors (Lipinski definition) is 5. The summed E-state index contributed by atoms with van der Waals surface area (Å²) in [6.07, 6.45) is 5.98. The highest BCUT2D eigenvalue weighted by Gasteiger charge is 2.17. The van der Waals surface area contributed by atoms with Crippen LogP contribution in [0.4, 0.5) is 11.6 Å². The fourth-order valence-corrected chi connectivity index (χ4v) is 2.49. The molecule has 1 aliphatic heterocycles. The van der Waals surface area contributed by atoms with E-state index in [9.17, 15) is 0 Å². The van der Waals surface area contributed by atoms with E-state index in [1.165, 1.54) is 12.8 Å². The number of hydrogen-bond donors (Lipinski definition) is 2. The van der Waals surface area contributed by atoms with Crippen molar-refractivity contribution in [2.45, 2.75) is 25.7 Å². The molecule has 2 aromatic rings. The Morgan fingerprint density at radius 2 is 2.15 bits per heavy atom. The maximum absolute atomic E-state index is 4.67. The summed E-state index contributed by atoms with van der Waals surface area (Å²) in [6.45, 7) is 4.07. The molecule has 104 valence electrons. The van der Waals surface area contributed by atoms with E-state index in [-0.39, 0.29) is 0 Å². The monoisotopic (exact) mass is 269 g/mol. The van der Waals surface area contributed by atoms with Crippen molar-refractivity contribution in [3.8, 4) is 0 Å². The van der Waals surface area contributed by atoms with Crippen molar-refractivity contribution in [1.29, 1.82) is 0 Å². The SMILES string of the molecule is Cc1cccc(Nc2cncc([C@H]3CCCNC3)n2)n1.